The summed E-state index contributed by atoms with van der Waals surface area (Å²) in [6.07, 6.45) is 2.75. The lowest BCUT2D eigenvalue weighted by molar-refractivity contribution is -0.122. The third-order valence-corrected chi connectivity index (χ3v) is 3.29. The maximum atomic E-state index is 12.6. The van der Waals surface area contributed by atoms with Crippen LogP contribution in [-0.2, 0) is 9.59 Å². The molecule has 22 heavy (non-hydrogen) atoms. The fourth-order valence-corrected chi connectivity index (χ4v) is 2.21. The zero-order chi connectivity index (χ0) is 15.7. The van der Waals surface area contributed by atoms with E-state index in [1.807, 2.05) is 0 Å². The molecular weight excluding hydrogens is 284 g/mol. The van der Waals surface area contributed by atoms with Gasteiger partial charge in [-0.3, -0.25) is 14.9 Å². The molecule has 1 N–H and O–H groups in total. The number of urea groups is 1. The number of para-hydroxylation sites is 1. The van der Waals surface area contributed by atoms with Crippen molar-refractivity contribution in [2.24, 2.45) is 0 Å². The lowest BCUT2D eigenvalue weighted by Gasteiger charge is -2.27. The Balaban J connectivity index is 2.05. The number of nitrogens with one attached hydrogen (secondary N) is 1. The van der Waals surface area contributed by atoms with Crippen LogP contribution in [0.25, 0.3) is 6.08 Å². The second kappa shape index (κ2) is 5.33. The first-order valence-electron chi connectivity index (χ1n) is 6.58. The molecule has 1 fully saturated rings. The summed E-state index contributed by atoms with van der Waals surface area (Å²) in [5.74, 6) is -1.06. The Morgan fingerprint density at radius 1 is 1.09 bits per heavy atom. The SMILES string of the molecule is Cc1ccccc1N1C(=O)NC(=O)/C(=C\c2ccco2)C1=O. The number of amides is 4. The molecule has 0 bridgehead atoms. The molecule has 2 aromatic rings. The first-order valence-corrected chi connectivity index (χ1v) is 6.58. The van der Waals surface area contributed by atoms with Gasteiger partial charge in [-0.2, -0.15) is 0 Å². The summed E-state index contributed by atoms with van der Waals surface area (Å²) >= 11 is 0. The van der Waals surface area contributed by atoms with Gasteiger partial charge < -0.3 is 4.42 Å². The van der Waals surface area contributed by atoms with Crippen LogP contribution in [0.1, 0.15) is 11.3 Å². The highest BCUT2D eigenvalue weighted by atomic mass is 16.3. The van der Waals surface area contributed by atoms with E-state index >= 15 is 0 Å². The van der Waals surface area contributed by atoms with Gasteiger partial charge in [-0.25, -0.2) is 9.69 Å². The largest absolute Gasteiger partial charge is 0.465 e. The van der Waals surface area contributed by atoms with Gasteiger partial charge in [-0.05, 0) is 36.8 Å². The highest BCUT2D eigenvalue weighted by molar-refractivity contribution is 6.39. The van der Waals surface area contributed by atoms with E-state index in [1.54, 1.807) is 43.3 Å². The molecule has 6 nitrogen and oxygen atoms in total. The van der Waals surface area contributed by atoms with Crippen molar-refractivity contribution in [2.75, 3.05) is 4.90 Å². The zero-order valence-electron chi connectivity index (χ0n) is 11.7. The van der Waals surface area contributed by atoms with Crippen LogP contribution in [0.5, 0.6) is 0 Å². The fraction of sp³-hybridized carbons (Fsp3) is 0.0625. The van der Waals surface area contributed by atoms with Gasteiger partial charge in [0.15, 0.2) is 0 Å². The number of hydrogen-bond donors (Lipinski definition) is 1. The fourth-order valence-electron chi connectivity index (χ4n) is 2.21. The topological polar surface area (TPSA) is 79.6 Å². The molecule has 1 saturated heterocycles. The number of anilines is 1. The molecule has 1 aliphatic rings. The number of benzene rings is 1. The van der Waals surface area contributed by atoms with Crippen LogP contribution in [0.3, 0.4) is 0 Å². The molecule has 1 aliphatic heterocycles. The van der Waals surface area contributed by atoms with E-state index in [2.05, 4.69) is 5.32 Å². The van der Waals surface area contributed by atoms with Crippen molar-refractivity contribution < 1.29 is 18.8 Å². The molecule has 2 heterocycles. The lowest BCUT2D eigenvalue weighted by atomic mass is 10.1. The summed E-state index contributed by atoms with van der Waals surface area (Å²) in [7, 11) is 0. The van der Waals surface area contributed by atoms with Gasteiger partial charge in [0, 0.05) is 0 Å². The Morgan fingerprint density at radius 3 is 2.55 bits per heavy atom. The molecule has 1 aromatic heterocycles. The summed E-state index contributed by atoms with van der Waals surface area (Å²) in [6, 6.07) is 9.44. The Hall–Kier alpha value is -3.15. The van der Waals surface area contributed by atoms with Gasteiger partial charge >= 0.3 is 6.03 Å². The number of barbiturate groups is 1. The van der Waals surface area contributed by atoms with Crippen molar-refractivity contribution in [3.63, 3.8) is 0 Å². The average molecular weight is 296 g/mol. The van der Waals surface area contributed by atoms with Gasteiger partial charge in [0.25, 0.3) is 11.8 Å². The maximum Gasteiger partial charge on any atom is 0.335 e. The molecule has 0 aliphatic carbocycles. The van der Waals surface area contributed by atoms with E-state index in [4.69, 9.17) is 4.42 Å². The highest BCUT2D eigenvalue weighted by Gasteiger charge is 2.37. The molecular formula is C16H12N2O4. The maximum absolute atomic E-state index is 12.6. The Kier molecular flexibility index (Phi) is 3.34. The van der Waals surface area contributed by atoms with Gasteiger partial charge in [0.05, 0.1) is 12.0 Å². The van der Waals surface area contributed by atoms with Crippen molar-refractivity contribution in [3.05, 3.63) is 59.6 Å². The number of carbonyl (C=O) groups excluding carboxylic acids is 3. The monoisotopic (exact) mass is 296 g/mol. The van der Waals surface area contributed by atoms with Crippen LogP contribution < -0.4 is 10.2 Å². The molecule has 0 spiro atoms. The van der Waals surface area contributed by atoms with Crippen molar-refractivity contribution in [1.82, 2.24) is 5.32 Å². The van der Waals surface area contributed by atoms with Crippen molar-refractivity contribution in [2.45, 2.75) is 6.92 Å². The van der Waals surface area contributed by atoms with Gasteiger partial charge in [0.1, 0.15) is 11.3 Å². The molecule has 4 amide bonds. The summed E-state index contributed by atoms with van der Waals surface area (Å²) in [6.45, 7) is 1.78. The quantitative estimate of drug-likeness (QED) is 0.681. The van der Waals surface area contributed by atoms with Gasteiger partial charge in [-0.15, -0.1) is 0 Å². The summed E-state index contributed by atoms with van der Waals surface area (Å²) in [5, 5.41) is 2.17. The number of carbonyl (C=O) groups is 3. The predicted octanol–water partition coefficient (Wildman–Crippen LogP) is 2.25. The van der Waals surface area contributed by atoms with E-state index < -0.39 is 17.8 Å². The van der Waals surface area contributed by atoms with E-state index in [1.165, 1.54) is 12.3 Å². The van der Waals surface area contributed by atoms with Gasteiger partial charge in [0.2, 0.25) is 0 Å². The first-order chi connectivity index (χ1) is 10.6. The Labute approximate surface area is 126 Å². The number of nitrogens with zero attached hydrogens (tertiary/aromatic N) is 1. The van der Waals surface area contributed by atoms with Crippen LogP contribution >= 0.6 is 0 Å². The van der Waals surface area contributed by atoms with E-state index in [0.29, 0.717) is 11.4 Å². The third-order valence-electron chi connectivity index (χ3n) is 3.29. The zero-order valence-corrected chi connectivity index (χ0v) is 11.7. The second-order valence-corrected chi connectivity index (χ2v) is 4.76. The van der Waals surface area contributed by atoms with Crippen molar-refractivity contribution in [1.29, 1.82) is 0 Å². The third kappa shape index (κ3) is 2.31. The van der Waals surface area contributed by atoms with Crippen LogP contribution in [0, 0.1) is 6.92 Å². The molecule has 3 rings (SSSR count). The number of rotatable bonds is 2. The molecule has 0 unspecified atom stereocenters. The van der Waals surface area contributed by atoms with Crippen molar-refractivity contribution >= 4 is 29.6 Å². The summed E-state index contributed by atoms with van der Waals surface area (Å²) in [4.78, 5) is 37.5. The Bertz CT molecular complexity index is 790. The molecule has 0 saturated carbocycles. The molecule has 6 heteroatoms. The smallest absolute Gasteiger partial charge is 0.335 e. The van der Waals surface area contributed by atoms with E-state index in [9.17, 15) is 14.4 Å². The standard InChI is InChI=1S/C16H12N2O4/c1-10-5-2-3-7-13(10)18-15(20)12(14(19)17-16(18)21)9-11-6-4-8-22-11/h2-9H,1H3,(H,17,19,21)/b12-9+. The molecule has 0 atom stereocenters. The van der Waals surface area contributed by atoms with Crippen LogP contribution in [0.2, 0.25) is 0 Å². The normalized spacial score (nSPS) is 17.0. The number of furan rings is 1. The summed E-state index contributed by atoms with van der Waals surface area (Å²) in [5.41, 5.74) is 1.03. The lowest BCUT2D eigenvalue weighted by Crippen LogP contribution is -2.54. The van der Waals surface area contributed by atoms with Crippen LogP contribution in [0.15, 0.2) is 52.7 Å². The number of aryl methyl sites for hydroxylation is 1. The van der Waals surface area contributed by atoms with E-state index in [0.717, 1.165) is 10.5 Å². The van der Waals surface area contributed by atoms with Crippen LogP contribution in [0.4, 0.5) is 10.5 Å². The van der Waals surface area contributed by atoms with Gasteiger partial charge in [-0.1, -0.05) is 18.2 Å². The number of hydrogen-bond acceptors (Lipinski definition) is 4. The average Bonchev–Trinajstić information content (AvgIpc) is 2.98. The van der Waals surface area contributed by atoms with E-state index in [-0.39, 0.29) is 5.57 Å². The Morgan fingerprint density at radius 2 is 1.86 bits per heavy atom. The highest BCUT2D eigenvalue weighted by Crippen LogP contribution is 2.24. The van der Waals surface area contributed by atoms with Crippen LogP contribution in [-0.4, -0.2) is 17.8 Å². The second-order valence-electron chi connectivity index (χ2n) is 4.76. The summed E-state index contributed by atoms with van der Waals surface area (Å²) < 4.78 is 5.11. The minimum absolute atomic E-state index is 0.155. The molecule has 1 aromatic carbocycles. The minimum atomic E-state index is -0.763. The first kappa shape index (κ1) is 13.8. The molecule has 0 radical (unpaired) electrons. The number of imide groups is 2. The minimum Gasteiger partial charge on any atom is -0.465 e. The van der Waals surface area contributed by atoms with Crippen molar-refractivity contribution in [3.8, 4) is 0 Å². The molecule has 110 valence electrons. The predicted molar refractivity (Wildman–Crippen MR) is 78.9 cm³/mol.